The van der Waals surface area contributed by atoms with Crippen molar-refractivity contribution >= 4 is 11.8 Å². The van der Waals surface area contributed by atoms with E-state index in [-0.39, 0.29) is 23.8 Å². The predicted octanol–water partition coefficient (Wildman–Crippen LogP) is -0.0457. The SMILES string of the molecule is CCN(CC(=O)NC)C(=O)[C@@H](N)C(C)(C)C. The number of carbonyl (C=O) groups is 2. The maximum absolute atomic E-state index is 12.0. The third-order valence-electron chi connectivity index (χ3n) is 2.51. The van der Waals surface area contributed by atoms with Gasteiger partial charge < -0.3 is 16.0 Å². The molecule has 0 spiro atoms. The minimum absolute atomic E-state index is 0.0651. The van der Waals surface area contributed by atoms with Gasteiger partial charge in [-0.05, 0) is 12.3 Å². The van der Waals surface area contributed by atoms with Gasteiger partial charge in [0, 0.05) is 13.6 Å². The minimum atomic E-state index is -0.586. The smallest absolute Gasteiger partial charge is 0.240 e. The Bertz CT molecular complexity index is 258. The average molecular weight is 229 g/mol. The molecule has 0 unspecified atom stereocenters. The minimum Gasteiger partial charge on any atom is -0.358 e. The van der Waals surface area contributed by atoms with E-state index in [4.69, 9.17) is 5.73 Å². The molecule has 0 aliphatic rings. The first kappa shape index (κ1) is 14.9. The number of hydrogen-bond acceptors (Lipinski definition) is 3. The predicted molar refractivity (Wildman–Crippen MR) is 63.8 cm³/mol. The number of rotatable bonds is 4. The maximum Gasteiger partial charge on any atom is 0.240 e. The van der Waals surface area contributed by atoms with Crippen LogP contribution in [0.4, 0.5) is 0 Å². The quantitative estimate of drug-likeness (QED) is 0.710. The van der Waals surface area contributed by atoms with Gasteiger partial charge in [0.1, 0.15) is 0 Å². The molecule has 0 fully saturated rings. The Kier molecular flexibility index (Phi) is 5.44. The van der Waals surface area contributed by atoms with E-state index in [9.17, 15) is 9.59 Å². The van der Waals surface area contributed by atoms with E-state index < -0.39 is 6.04 Å². The second kappa shape index (κ2) is 5.84. The normalized spacial score (nSPS) is 13.1. The van der Waals surface area contributed by atoms with Crippen LogP contribution in [0.25, 0.3) is 0 Å². The molecule has 0 aromatic rings. The molecule has 3 N–H and O–H groups in total. The summed E-state index contributed by atoms with van der Waals surface area (Å²) >= 11 is 0. The van der Waals surface area contributed by atoms with E-state index in [1.807, 2.05) is 27.7 Å². The molecule has 94 valence electrons. The van der Waals surface area contributed by atoms with Gasteiger partial charge in [-0.25, -0.2) is 0 Å². The lowest BCUT2D eigenvalue weighted by Crippen LogP contribution is -2.52. The van der Waals surface area contributed by atoms with Gasteiger partial charge >= 0.3 is 0 Å². The van der Waals surface area contributed by atoms with Crippen LogP contribution in [0, 0.1) is 5.41 Å². The number of likely N-dealkylation sites (N-methyl/N-ethyl adjacent to an activating group) is 2. The van der Waals surface area contributed by atoms with Gasteiger partial charge in [-0.3, -0.25) is 9.59 Å². The van der Waals surface area contributed by atoms with Gasteiger partial charge in [0.25, 0.3) is 0 Å². The van der Waals surface area contributed by atoms with E-state index in [0.29, 0.717) is 6.54 Å². The number of hydrogen-bond donors (Lipinski definition) is 2. The highest BCUT2D eigenvalue weighted by atomic mass is 16.2. The summed E-state index contributed by atoms with van der Waals surface area (Å²) in [5, 5.41) is 2.49. The number of amides is 2. The molecule has 0 saturated carbocycles. The standard InChI is InChI=1S/C11H23N3O2/c1-6-14(7-8(15)13-5)10(16)9(12)11(2,3)4/h9H,6-7,12H2,1-5H3,(H,13,15)/t9-/m1/s1. The zero-order chi connectivity index (χ0) is 12.9. The number of nitrogens with zero attached hydrogens (tertiary/aromatic N) is 1. The Morgan fingerprint density at radius 2 is 1.88 bits per heavy atom. The van der Waals surface area contributed by atoms with Crippen LogP contribution < -0.4 is 11.1 Å². The molecule has 16 heavy (non-hydrogen) atoms. The largest absolute Gasteiger partial charge is 0.358 e. The third-order valence-corrected chi connectivity index (χ3v) is 2.51. The molecule has 1 atom stereocenters. The van der Waals surface area contributed by atoms with Crippen molar-refractivity contribution < 1.29 is 9.59 Å². The van der Waals surface area contributed by atoms with Crippen LogP contribution in [0.3, 0.4) is 0 Å². The summed E-state index contributed by atoms with van der Waals surface area (Å²) in [6.45, 7) is 8.10. The molecular weight excluding hydrogens is 206 g/mol. The van der Waals surface area contributed by atoms with Crippen molar-refractivity contribution in [2.24, 2.45) is 11.1 Å². The average Bonchev–Trinajstić information content (AvgIpc) is 2.22. The van der Waals surface area contributed by atoms with Crippen LogP contribution in [0.5, 0.6) is 0 Å². The third kappa shape index (κ3) is 4.18. The zero-order valence-electron chi connectivity index (χ0n) is 10.8. The van der Waals surface area contributed by atoms with Crippen molar-refractivity contribution in [2.75, 3.05) is 20.1 Å². The first-order valence-corrected chi connectivity index (χ1v) is 5.49. The highest BCUT2D eigenvalue weighted by molar-refractivity contribution is 5.87. The molecule has 0 heterocycles. The van der Waals surface area contributed by atoms with Crippen LogP contribution in [-0.2, 0) is 9.59 Å². The Labute approximate surface area is 97.4 Å². The lowest BCUT2D eigenvalue weighted by atomic mass is 9.86. The van der Waals surface area contributed by atoms with E-state index in [2.05, 4.69) is 5.32 Å². The summed E-state index contributed by atoms with van der Waals surface area (Å²) in [5.74, 6) is -0.366. The molecule has 0 aliphatic carbocycles. The van der Waals surface area contributed by atoms with Crippen molar-refractivity contribution in [3.63, 3.8) is 0 Å². The summed E-state index contributed by atoms with van der Waals surface area (Å²) in [4.78, 5) is 24.7. The topological polar surface area (TPSA) is 75.4 Å². The molecule has 0 rings (SSSR count). The summed E-state index contributed by atoms with van der Waals surface area (Å²) in [6, 6.07) is -0.586. The van der Waals surface area contributed by atoms with Crippen molar-refractivity contribution in [2.45, 2.75) is 33.7 Å². The second-order valence-corrected chi connectivity index (χ2v) is 4.87. The van der Waals surface area contributed by atoms with Crippen molar-refractivity contribution in [1.29, 1.82) is 0 Å². The number of nitrogens with two attached hydrogens (primary N) is 1. The summed E-state index contributed by atoms with van der Waals surface area (Å²) in [7, 11) is 1.55. The Morgan fingerprint density at radius 3 is 2.19 bits per heavy atom. The zero-order valence-corrected chi connectivity index (χ0v) is 10.8. The van der Waals surface area contributed by atoms with Gasteiger partial charge in [0.2, 0.25) is 11.8 Å². The van der Waals surface area contributed by atoms with Crippen LogP contribution in [0.15, 0.2) is 0 Å². The molecular formula is C11H23N3O2. The number of nitrogens with one attached hydrogen (secondary N) is 1. The number of carbonyl (C=O) groups excluding carboxylic acids is 2. The monoisotopic (exact) mass is 229 g/mol. The fourth-order valence-electron chi connectivity index (χ4n) is 1.17. The van der Waals surface area contributed by atoms with Gasteiger partial charge in [-0.15, -0.1) is 0 Å². The molecule has 5 heteroatoms. The van der Waals surface area contributed by atoms with Crippen molar-refractivity contribution in [1.82, 2.24) is 10.2 Å². The van der Waals surface area contributed by atoms with Crippen LogP contribution in [-0.4, -0.2) is 42.9 Å². The van der Waals surface area contributed by atoms with Crippen molar-refractivity contribution in [3.8, 4) is 0 Å². The summed E-state index contributed by atoms with van der Waals surface area (Å²) in [5.41, 5.74) is 5.57. The Morgan fingerprint density at radius 1 is 1.38 bits per heavy atom. The molecule has 0 aliphatic heterocycles. The fourth-order valence-corrected chi connectivity index (χ4v) is 1.17. The van der Waals surface area contributed by atoms with E-state index in [0.717, 1.165) is 0 Å². The Hall–Kier alpha value is -1.10. The van der Waals surface area contributed by atoms with Gasteiger partial charge in [0.05, 0.1) is 12.6 Å². The van der Waals surface area contributed by atoms with Gasteiger partial charge in [-0.1, -0.05) is 20.8 Å². The van der Waals surface area contributed by atoms with E-state index in [1.54, 1.807) is 7.05 Å². The summed E-state index contributed by atoms with van der Waals surface area (Å²) in [6.07, 6.45) is 0. The molecule has 0 saturated heterocycles. The van der Waals surface area contributed by atoms with Crippen LogP contribution in [0.1, 0.15) is 27.7 Å². The van der Waals surface area contributed by atoms with E-state index >= 15 is 0 Å². The molecule has 0 aromatic heterocycles. The summed E-state index contributed by atoms with van der Waals surface area (Å²) < 4.78 is 0. The van der Waals surface area contributed by atoms with E-state index in [1.165, 1.54) is 4.90 Å². The lowest BCUT2D eigenvalue weighted by Gasteiger charge is -2.31. The highest BCUT2D eigenvalue weighted by Gasteiger charge is 2.31. The highest BCUT2D eigenvalue weighted by Crippen LogP contribution is 2.18. The van der Waals surface area contributed by atoms with Gasteiger partial charge in [0.15, 0.2) is 0 Å². The molecule has 0 bridgehead atoms. The second-order valence-electron chi connectivity index (χ2n) is 4.87. The molecule has 0 radical (unpaired) electrons. The first-order valence-electron chi connectivity index (χ1n) is 5.49. The molecule has 0 aromatic carbocycles. The fraction of sp³-hybridized carbons (Fsp3) is 0.818. The lowest BCUT2D eigenvalue weighted by molar-refractivity contribution is -0.138. The molecule has 2 amide bonds. The first-order chi connectivity index (χ1) is 7.23. The van der Waals surface area contributed by atoms with Gasteiger partial charge in [-0.2, -0.15) is 0 Å². The van der Waals surface area contributed by atoms with Crippen LogP contribution >= 0.6 is 0 Å². The van der Waals surface area contributed by atoms with Crippen LogP contribution in [0.2, 0.25) is 0 Å². The Balaban J connectivity index is 4.60. The van der Waals surface area contributed by atoms with Crippen molar-refractivity contribution in [3.05, 3.63) is 0 Å². The maximum atomic E-state index is 12.0. The molecule has 5 nitrogen and oxygen atoms in total.